The van der Waals surface area contributed by atoms with Gasteiger partial charge in [-0.05, 0) is 43.0 Å². The van der Waals surface area contributed by atoms with E-state index in [2.05, 4.69) is 20.3 Å². The van der Waals surface area contributed by atoms with E-state index in [-0.39, 0.29) is 40.8 Å². The first kappa shape index (κ1) is 27.9. The number of sulfone groups is 1. The van der Waals surface area contributed by atoms with Crippen LogP contribution >= 0.6 is 11.3 Å². The molecule has 2 amide bonds. The van der Waals surface area contributed by atoms with Crippen molar-refractivity contribution in [2.24, 2.45) is 0 Å². The van der Waals surface area contributed by atoms with Gasteiger partial charge in [0.1, 0.15) is 10.8 Å². The molecule has 1 aliphatic carbocycles. The molecule has 2 aromatic carbocycles. The Kier molecular flexibility index (Phi) is 8.04. The third-order valence-corrected chi connectivity index (χ3v) is 9.64. The van der Waals surface area contributed by atoms with Crippen LogP contribution in [0.25, 0.3) is 21.3 Å². The van der Waals surface area contributed by atoms with E-state index in [4.69, 9.17) is 0 Å². The number of carbonyl (C=O) groups excluding carboxylic acids is 2. The fourth-order valence-corrected chi connectivity index (χ4v) is 7.52. The molecule has 0 spiro atoms. The average molecular weight is 583 g/mol. The highest BCUT2D eigenvalue weighted by Crippen LogP contribution is 2.36. The lowest BCUT2D eigenvalue weighted by molar-refractivity contribution is -0.126. The van der Waals surface area contributed by atoms with E-state index in [1.165, 1.54) is 18.2 Å². The maximum atomic E-state index is 15.0. The lowest BCUT2D eigenvalue weighted by Gasteiger charge is -2.15. The molecule has 1 fully saturated rings. The minimum absolute atomic E-state index is 0.0159. The number of hydrogen-bond acceptors (Lipinski definition) is 8. The van der Waals surface area contributed by atoms with E-state index in [9.17, 15) is 26.4 Å². The molecule has 10 nitrogen and oxygen atoms in total. The van der Waals surface area contributed by atoms with E-state index in [0.29, 0.717) is 16.0 Å². The van der Waals surface area contributed by atoms with Gasteiger partial charge in [-0.2, -0.15) is 0 Å². The van der Waals surface area contributed by atoms with Gasteiger partial charge in [-0.1, -0.05) is 19.1 Å². The summed E-state index contributed by atoms with van der Waals surface area (Å²) in [5.41, 5.74) is 1.18. The molecule has 1 heterocycles. The number of halogens is 1. The molecular formula is C24H27FN4O6S3. The molecule has 0 saturated heterocycles. The Morgan fingerprint density at radius 2 is 1.82 bits per heavy atom. The van der Waals surface area contributed by atoms with Gasteiger partial charge in [0.05, 0.1) is 28.8 Å². The highest BCUT2D eigenvalue weighted by molar-refractivity contribution is 7.92. The summed E-state index contributed by atoms with van der Waals surface area (Å²) in [7, 11) is -7.44. The number of anilines is 1. The lowest BCUT2D eigenvalue weighted by atomic mass is 10.0. The van der Waals surface area contributed by atoms with Crippen LogP contribution in [0.3, 0.4) is 0 Å². The molecule has 1 saturated carbocycles. The van der Waals surface area contributed by atoms with Crippen molar-refractivity contribution in [2.45, 2.75) is 37.5 Å². The van der Waals surface area contributed by atoms with Gasteiger partial charge in [0, 0.05) is 23.4 Å². The molecule has 3 aromatic rings. The standard InChI is InChI=1S/C24H27FN4O6S3/c1-3-10-38(34,35)22(23(31)26-13-21(30)27-15-8-9-15)24-28-19-12-18(25)17(11-20(19)36-24)14-4-6-16(7-5-14)29-37(2,32)33/h4-7,11-12,15,22,29H,3,8-10,13H2,1-2H3,(H,26,31)(H,27,30). The fraction of sp³-hybridized carbons (Fsp3) is 0.375. The first-order chi connectivity index (χ1) is 17.9. The van der Waals surface area contributed by atoms with Crippen LogP contribution in [0.5, 0.6) is 0 Å². The number of benzene rings is 2. The second-order valence-electron chi connectivity index (χ2n) is 9.11. The second kappa shape index (κ2) is 10.9. The van der Waals surface area contributed by atoms with Gasteiger partial charge in [-0.25, -0.2) is 26.2 Å². The minimum Gasteiger partial charge on any atom is -0.352 e. The largest absolute Gasteiger partial charge is 0.352 e. The van der Waals surface area contributed by atoms with Gasteiger partial charge in [-0.3, -0.25) is 14.3 Å². The van der Waals surface area contributed by atoms with Crippen LogP contribution in [-0.4, -0.2) is 58.2 Å². The summed E-state index contributed by atoms with van der Waals surface area (Å²) in [6, 6.07) is 8.86. The van der Waals surface area contributed by atoms with Crippen LogP contribution in [0.2, 0.25) is 0 Å². The SMILES string of the molecule is CCCS(=O)(=O)C(C(=O)NCC(=O)NC1CC1)c1nc2cc(F)c(-c3ccc(NS(C)(=O)=O)cc3)cc2s1. The number of thiazole rings is 1. The minimum atomic E-state index is -3.97. The topological polar surface area (TPSA) is 151 Å². The Morgan fingerprint density at radius 3 is 2.42 bits per heavy atom. The van der Waals surface area contributed by atoms with Gasteiger partial charge in [0.2, 0.25) is 21.8 Å². The van der Waals surface area contributed by atoms with Gasteiger partial charge in [0.25, 0.3) is 0 Å². The Bertz CT molecular complexity index is 1580. The van der Waals surface area contributed by atoms with Crippen LogP contribution in [-0.2, 0) is 29.4 Å². The normalized spacial score (nSPS) is 14.7. The van der Waals surface area contributed by atoms with Crippen molar-refractivity contribution in [3.05, 3.63) is 47.2 Å². The van der Waals surface area contributed by atoms with E-state index >= 15 is 4.39 Å². The van der Waals surface area contributed by atoms with Crippen LogP contribution in [0.1, 0.15) is 36.4 Å². The van der Waals surface area contributed by atoms with E-state index in [0.717, 1.165) is 36.5 Å². The summed E-state index contributed by atoms with van der Waals surface area (Å²) < 4.78 is 66.8. The molecule has 4 rings (SSSR count). The second-order valence-corrected chi connectivity index (χ2v) is 14.1. The van der Waals surface area contributed by atoms with E-state index in [1.807, 2.05) is 0 Å². The summed E-state index contributed by atoms with van der Waals surface area (Å²) in [4.78, 5) is 29.3. The van der Waals surface area contributed by atoms with Crippen molar-refractivity contribution in [3.63, 3.8) is 0 Å². The van der Waals surface area contributed by atoms with Gasteiger partial charge in [-0.15, -0.1) is 11.3 Å². The Balaban J connectivity index is 1.64. The summed E-state index contributed by atoms with van der Waals surface area (Å²) in [5, 5.41) is 3.48. The number of sulfonamides is 1. The summed E-state index contributed by atoms with van der Waals surface area (Å²) in [5.74, 6) is -2.14. The summed E-state index contributed by atoms with van der Waals surface area (Å²) >= 11 is 0.960. The van der Waals surface area contributed by atoms with Crippen LogP contribution in [0, 0.1) is 5.82 Å². The Labute approximate surface area is 224 Å². The predicted octanol–water partition coefficient (Wildman–Crippen LogP) is 2.73. The molecule has 38 heavy (non-hydrogen) atoms. The molecule has 3 N–H and O–H groups in total. The van der Waals surface area contributed by atoms with Crippen LogP contribution < -0.4 is 15.4 Å². The summed E-state index contributed by atoms with van der Waals surface area (Å²) in [6.07, 6.45) is 3.05. The van der Waals surface area contributed by atoms with Gasteiger partial charge >= 0.3 is 0 Å². The van der Waals surface area contributed by atoms with Gasteiger partial charge in [0.15, 0.2) is 15.1 Å². The lowest BCUT2D eigenvalue weighted by Crippen LogP contribution is -2.41. The quantitative estimate of drug-likeness (QED) is 0.314. The molecule has 0 radical (unpaired) electrons. The average Bonchev–Trinajstić information content (AvgIpc) is 3.54. The Hall–Kier alpha value is -3.10. The third-order valence-electron chi connectivity index (χ3n) is 5.67. The zero-order valence-electron chi connectivity index (χ0n) is 20.7. The molecular weight excluding hydrogens is 555 g/mol. The number of rotatable bonds is 11. The third kappa shape index (κ3) is 6.85. The van der Waals surface area contributed by atoms with Crippen LogP contribution in [0.4, 0.5) is 10.1 Å². The monoisotopic (exact) mass is 582 g/mol. The van der Waals surface area contributed by atoms with Crippen molar-refractivity contribution in [2.75, 3.05) is 23.3 Å². The number of nitrogens with one attached hydrogen (secondary N) is 3. The van der Waals surface area contributed by atoms with E-state index in [1.54, 1.807) is 19.1 Å². The number of fused-ring (bicyclic) bond motifs is 1. The molecule has 1 aromatic heterocycles. The number of aromatic nitrogens is 1. The maximum Gasteiger partial charge on any atom is 0.245 e. The molecule has 0 bridgehead atoms. The molecule has 1 unspecified atom stereocenters. The predicted molar refractivity (Wildman–Crippen MR) is 144 cm³/mol. The number of amides is 2. The van der Waals surface area contributed by atoms with Crippen molar-refractivity contribution in [1.82, 2.24) is 15.6 Å². The highest BCUT2D eigenvalue weighted by Gasteiger charge is 2.37. The number of nitrogens with zero attached hydrogens (tertiary/aromatic N) is 1. The highest BCUT2D eigenvalue weighted by atomic mass is 32.2. The smallest absolute Gasteiger partial charge is 0.245 e. The first-order valence-electron chi connectivity index (χ1n) is 11.8. The molecule has 1 aliphatic rings. The Morgan fingerprint density at radius 1 is 1.13 bits per heavy atom. The van der Waals surface area contributed by atoms with Crippen molar-refractivity contribution in [3.8, 4) is 11.1 Å². The summed E-state index contributed by atoms with van der Waals surface area (Å²) in [6.45, 7) is 1.31. The fourth-order valence-electron chi connectivity index (χ4n) is 3.83. The van der Waals surface area contributed by atoms with Crippen molar-refractivity contribution >= 4 is 58.9 Å². The molecule has 204 valence electrons. The first-order valence-corrected chi connectivity index (χ1v) is 16.3. The van der Waals surface area contributed by atoms with Crippen molar-refractivity contribution < 1.29 is 30.8 Å². The zero-order chi connectivity index (χ0) is 27.7. The maximum absolute atomic E-state index is 15.0. The zero-order valence-corrected chi connectivity index (χ0v) is 23.1. The van der Waals surface area contributed by atoms with E-state index < -0.39 is 42.7 Å². The number of carbonyl (C=O) groups is 2. The number of hydrogen-bond donors (Lipinski definition) is 3. The van der Waals surface area contributed by atoms with Gasteiger partial charge < -0.3 is 10.6 Å². The molecule has 14 heteroatoms. The molecule has 0 aliphatic heterocycles. The molecule has 1 atom stereocenters. The van der Waals surface area contributed by atoms with Crippen LogP contribution in [0.15, 0.2) is 36.4 Å². The van der Waals surface area contributed by atoms with Crippen molar-refractivity contribution in [1.29, 1.82) is 0 Å².